The summed E-state index contributed by atoms with van der Waals surface area (Å²) < 4.78 is 6.28. The van der Waals surface area contributed by atoms with Crippen molar-refractivity contribution < 1.29 is 14.3 Å². The lowest BCUT2D eigenvalue weighted by Gasteiger charge is -2.25. The second kappa shape index (κ2) is 8.13. The number of hydrogen-bond acceptors (Lipinski definition) is 8. The van der Waals surface area contributed by atoms with Crippen LogP contribution in [0.4, 0.5) is 0 Å². The normalized spacial score (nSPS) is 20.0. The molecule has 9 nitrogen and oxygen atoms in total. The van der Waals surface area contributed by atoms with Gasteiger partial charge in [-0.05, 0) is 49.7 Å². The van der Waals surface area contributed by atoms with Crippen molar-refractivity contribution in [2.75, 3.05) is 20.7 Å². The lowest BCUT2D eigenvalue weighted by Crippen LogP contribution is -2.41. The predicted molar refractivity (Wildman–Crippen MR) is 100 cm³/mol. The second-order valence-electron chi connectivity index (χ2n) is 6.76. The minimum atomic E-state index is -0.202. The third kappa shape index (κ3) is 4.01. The molecule has 2 atom stereocenters. The van der Waals surface area contributed by atoms with Crippen LogP contribution in [0.1, 0.15) is 40.1 Å². The summed E-state index contributed by atoms with van der Waals surface area (Å²) in [4.78, 5) is 27.6. The monoisotopic (exact) mass is 392 g/mol. The zero-order chi connectivity index (χ0) is 19.6. The first kappa shape index (κ1) is 19.4. The smallest absolute Gasteiger partial charge is 0.307 e. The maximum absolute atomic E-state index is 12.9. The van der Waals surface area contributed by atoms with Crippen LogP contribution in [-0.2, 0) is 9.53 Å². The number of amides is 1. The molecule has 1 amide bonds. The minimum Gasteiger partial charge on any atom is -0.469 e. The quantitative estimate of drug-likeness (QED) is 0.734. The number of aryl methyl sites for hydroxylation is 1. The van der Waals surface area contributed by atoms with Crippen LogP contribution in [0.5, 0.6) is 0 Å². The summed E-state index contributed by atoms with van der Waals surface area (Å²) in [6.45, 7) is 4.44. The molecule has 0 aromatic carbocycles. The van der Waals surface area contributed by atoms with E-state index in [0.29, 0.717) is 18.5 Å². The summed E-state index contributed by atoms with van der Waals surface area (Å²) in [5, 5.41) is 15.0. The van der Waals surface area contributed by atoms with Gasteiger partial charge in [0.2, 0.25) is 0 Å². The first-order valence-electron chi connectivity index (χ1n) is 8.82. The Balaban J connectivity index is 1.66. The van der Waals surface area contributed by atoms with Gasteiger partial charge in [-0.2, -0.15) is 4.68 Å². The van der Waals surface area contributed by atoms with Gasteiger partial charge in [0.1, 0.15) is 11.3 Å². The lowest BCUT2D eigenvalue weighted by molar-refractivity contribution is -0.141. The Morgan fingerprint density at radius 3 is 2.74 bits per heavy atom. The van der Waals surface area contributed by atoms with Gasteiger partial charge in [-0.1, -0.05) is 0 Å². The van der Waals surface area contributed by atoms with Gasteiger partial charge < -0.3 is 10.1 Å². The molecule has 3 heterocycles. The molecule has 0 spiro atoms. The van der Waals surface area contributed by atoms with Crippen LogP contribution >= 0.6 is 11.3 Å². The highest BCUT2D eigenvalue weighted by atomic mass is 32.1. The van der Waals surface area contributed by atoms with E-state index in [9.17, 15) is 9.59 Å². The molecule has 2 aromatic rings. The van der Waals surface area contributed by atoms with Crippen molar-refractivity contribution in [3.8, 4) is 5.00 Å². The Morgan fingerprint density at radius 2 is 2.07 bits per heavy atom. The van der Waals surface area contributed by atoms with Crippen LogP contribution in [-0.4, -0.2) is 69.8 Å². The average molecular weight is 392 g/mol. The fourth-order valence-electron chi connectivity index (χ4n) is 3.45. The molecule has 1 N–H and O–H groups in total. The van der Waals surface area contributed by atoms with Gasteiger partial charge in [-0.3, -0.25) is 14.5 Å². The van der Waals surface area contributed by atoms with Crippen molar-refractivity contribution in [2.45, 2.75) is 45.2 Å². The maximum atomic E-state index is 12.9. The highest BCUT2D eigenvalue weighted by molar-refractivity contribution is 7.15. The van der Waals surface area contributed by atoms with Crippen molar-refractivity contribution in [2.24, 2.45) is 0 Å². The molecule has 0 aliphatic carbocycles. The first-order valence-corrected chi connectivity index (χ1v) is 9.64. The number of methoxy groups -OCH3 is 1. The van der Waals surface area contributed by atoms with Gasteiger partial charge in [0.25, 0.3) is 5.91 Å². The Hall–Kier alpha value is -2.33. The fourth-order valence-corrected chi connectivity index (χ4v) is 4.52. The molecule has 27 heavy (non-hydrogen) atoms. The van der Waals surface area contributed by atoms with Crippen LogP contribution in [0.15, 0.2) is 6.33 Å². The number of hydrogen-bond donors (Lipinski definition) is 1. The molecule has 146 valence electrons. The largest absolute Gasteiger partial charge is 0.469 e. The van der Waals surface area contributed by atoms with Crippen LogP contribution in [0.3, 0.4) is 0 Å². The minimum absolute atomic E-state index is 0.132. The summed E-state index contributed by atoms with van der Waals surface area (Å²) in [7, 11) is 3.40. The van der Waals surface area contributed by atoms with Crippen LogP contribution in [0.2, 0.25) is 0 Å². The van der Waals surface area contributed by atoms with Crippen LogP contribution in [0, 0.1) is 13.8 Å². The Morgan fingerprint density at radius 1 is 1.33 bits per heavy atom. The van der Waals surface area contributed by atoms with E-state index in [2.05, 4.69) is 25.7 Å². The van der Waals surface area contributed by atoms with Gasteiger partial charge in [-0.15, -0.1) is 16.4 Å². The van der Waals surface area contributed by atoms with E-state index in [4.69, 9.17) is 4.74 Å². The molecule has 2 aromatic heterocycles. The van der Waals surface area contributed by atoms with Gasteiger partial charge in [-0.25, -0.2) is 0 Å². The fraction of sp³-hybridized carbons (Fsp3) is 0.588. The summed E-state index contributed by atoms with van der Waals surface area (Å²) in [5.41, 5.74) is 1.54. The second-order valence-corrected chi connectivity index (χ2v) is 7.96. The third-order valence-electron chi connectivity index (χ3n) is 5.26. The molecule has 1 saturated heterocycles. The van der Waals surface area contributed by atoms with Crippen molar-refractivity contribution >= 4 is 23.2 Å². The van der Waals surface area contributed by atoms with E-state index in [0.717, 1.165) is 28.3 Å². The SMILES string of the molecule is COC(=O)C[C@H]1CC[C@@H](CNC(=O)c2c(-n3cnnn3)sc(C)c2C)N1C. The topological polar surface area (TPSA) is 102 Å². The van der Waals surface area contributed by atoms with Gasteiger partial charge in [0.15, 0.2) is 0 Å². The highest BCUT2D eigenvalue weighted by Gasteiger charge is 2.32. The maximum Gasteiger partial charge on any atom is 0.307 e. The number of thiophene rings is 1. The number of rotatable bonds is 6. The third-order valence-corrected chi connectivity index (χ3v) is 6.46. The molecule has 1 aliphatic heterocycles. The zero-order valence-electron chi connectivity index (χ0n) is 15.9. The molecule has 0 unspecified atom stereocenters. The summed E-state index contributed by atoms with van der Waals surface area (Å²) in [6, 6.07) is 0.349. The number of aromatic nitrogens is 4. The highest BCUT2D eigenvalue weighted by Crippen LogP contribution is 2.30. The van der Waals surface area contributed by atoms with Crippen molar-refractivity contribution in [1.29, 1.82) is 0 Å². The number of likely N-dealkylation sites (N-methyl/N-ethyl adjacent to an activating group) is 1. The number of nitrogens with one attached hydrogen (secondary N) is 1. The Kier molecular flexibility index (Phi) is 5.85. The van der Waals surface area contributed by atoms with Gasteiger partial charge >= 0.3 is 5.97 Å². The Bertz CT molecular complexity index is 819. The lowest BCUT2D eigenvalue weighted by atomic mass is 10.1. The van der Waals surface area contributed by atoms with E-state index < -0.39 is 0 Å². The number of ether oxygens (including phenoxy) is 1. The number of carbonyl (C=O) groups is 2. The van der Waals surface area contributed by atoms with Crippen LogP contribution in [0.25, 0.3) is 5.00 Å². The number of tetrazole rings is 1. The van der Waals surface area contributed by atoms with E-state index in [1.807, 2.05) is 20.9 Å². The van der Waals surface area contributed by atoms with E-state index in [1.54, 1.807) is 0 Å². The number of esters is 1. The van der Waals surface area contributed by atoms with E-state index in [-0.39, 0.29) is 24.0 Å². The zero-order valence-corrected chi connectivity index (χ0v) is 16.7. The molecule has 1 aliphatic rings. The number of likely N-dealkylation sites (tertiary alicyclic amines) is 1. The molecule has 0 radical (unpaired) electrons. The van der Waals surface area contributed by atoms with Gasteiger partial charge in [0.05, 0.1) is 19.1 Å². The summed E-state index contributed by atoms with van der Waals surface area (Å²) in [5.74, 6) is -0.334. The van der Waals surface area contributed by atoms with E-state index >= 15 is 0 Å². The summed E-state index contributed by atoms with van der Waals surface area (Å²) >= 11 is 1.49. The molecular formula is C17H24N6O3S. The number of nitrogens with zero attached hydrogens (tertiary/aromatic N) is 5. The average Bonchev–Trinajstić information content (AvgIpc) is 3.36. The Labute approximate surface area is 161 Å². The van der Waals surface area contributed by atoms with Gasteiger partial charge in [0, 0.05) is 23.5 Å². The summed E-state index contributed by atoms with van der Waals surface area (Å²) in [6.07, 6.45) is 3.71. The van der Waals surface area contributed by atoms with Crippen LogP contribution < -0.4 is 5.32 Å². The molecule has 1 fully saturated rings. The molecule has 10 heteroatoms. The molecular weight excluding hydrogens is 368 g/mol. The molecule has 0 bridgehead atoms. The first-order chi connectivity index (χ1) is 12.9. The molecule has 3 rings (SSSR count). The number of carbonyl (C=O) groups excluding carboxylic acids is 2. The van der Waals surface area contributed by atoms with Crippen molar-refractivity contribution in [1.82, 2.24) is 30.4 Å². The van der Waals surface area contributed by atoms with E-state index in [1.165, 1.54) is 29.5 Å². The predicted octanol–water partition coefficient (Wildman–Crippen LogP) is 1.10. The molecule has 0 saturated carbocycles. The van der Waals surface area contributed by atoms with Crippen molar-refractivity contribution in [3.05, 3.63) is 22.3 Å². The standard InChI is InChI=1S/C17H24N6O3S/c1-10-11(2)27-17(23-9-19-20-21-23)15(10)16(25)18-8-13-6-5-12(22(13)3)7-14(24)26-4/h9,12-13H,5-8H2,1-4H3,(H,18,25)/t12-,13+/m1/s1. The van der Waals surface area contributed by atoms with Crippen molar-refractivity contribution in [3.63, 3.8) is 0 Å².